The minimum absolute atomic E-state index is 0.132. The summed E-state index contributed by atoms with van der Waals surface area (Å²) in [5.74, 6) is 1.11. The molecule has 6 rings (SSSR count). The Balaban J connectivity index is 1.19. The number of fused-ring (bicyclic) bond motifs is 1. The van der Waals surface area contributed by atoms with E-state index in [1.165, 1.54) is 3.97 Å². The fourth-order valence-corrected chi connectivity index (χ4v) is 6.21. The van der Waals surface area contributed by atoms with Crippen LogP contribution in [-0.2, 0) is 19.5 Å². The highest BCUT2D eigenvalue weighted by atomic mass is 32.2. The monoisotopic (exact) mass is 585 g/mol. The lowest BCUT2D eigenvalue weighted by atomic mass is 10.1. The summed E-state index contributed by atoms with van der Waals surface area (Å²) in [6.07, 6.45) is 7.78. The molecule has 1 atom stereocenters. The number of hydrogen-bond acceptors (Lipinski definition) is 9. The number of benzene rings is 2. The molecule has 0 aliphatic carbocycles. The molecule has 3 aromatic heterocycles. The summed E-state index contributed by atoms with van der Waals surface area (Å²) in [4.78, 5) is 13.7. The van der Waals surface area contributed by atoms with E-state index in [2.05, 4.69) is 15.3 Å². The highest BCUT2D eigenvalue weighted by molar-refractivity contribution is 7.90. The van der Waals surface area contributed by atoms with Crippen molar-refractivity contribution in [1.29, 1.82) is 0 Å². The van der Waals surface area contributed by atoms with Gasteiger partial charge in [0, 0.05) is 41.8 Å². The lowest BCUT2D eigenvalue weighted by Gasteiger charge is -2.22. The summed E-state index contributed by atoms with van der Waals surface area (Å²) in [5.41, 5.74) is 3.29. The van der Waals surface area contributed by atoms with Gasteiger partial charge in [-0.1, -0.05) is 18.2 Å². The summed E-state index contributed by atoms with van der Waals surface area (Å²) in [7, 11) is -3.87. The van der Waals surface area contributed by atoms with Crippen LogP contribution in [0.3, 0.4) is 0 Å². The van der Waals surface area contributed by atoms with Gasteiger partial charge >= 0.3 is 0 Å². The zero-order valence-electron chi connectivity index (χ0n) is 23.1. The van der Waals surface area contributed by atoms with Gasteiger partial charge in [0.05, 0.1) is 17.2 Å². The Morgan fingerprint density at radius 3 is 2.69 bits per heavy atom. The maximum atomic E-state index is 13.5. The van der Waals surface area contributed by atoms with Crippen molar-refractivity contribution in [1.82, 2.24) is 18.9 Å². The Morgan fingerprint density at radius 2 is 1.88 bits per heavy atom. The van der Waals surface area contributed by atoms with Crippen LogP contribution in [0.15, 0.2) is 90.2 Å². The van der Waals surface area contributed by atoms with Gasteiger partial charge in [-0.15, -0.1) is 0 Å². The van der Waals surface area contributed by atoms with Crippen molar-refractivity contribution in [3.05, 3.63) is 90.9 Å². The Hall–Kier alpha value is -4.32. The van der Waals surface area contributed by atoms with E-state index in [0.29, 0.717) is 41.5 Å². The van der Waals surface area contributed by atoms with Gasteiger partial charge in [-0.2, -0.15) is 0 Å². The minimum Gasteiger partial charge on any atom is -0.491 e. The first-order chi connectivity index (χ1) is 20.5. The first-order valence-electron chi connectivity index (χ1n) is 13.8. The summed E-state index contributed by atoms with van der Waals surface area (Å²) in [6.45, 7) is 3.62. The molecule has 0 saturated carbocycles. The van der Waals surface area contributed by atoms with Crippen molar-refractivity contribution < 1.29 is 22.6 Å². The standard InChI is InChI=1S/C31H31N5O5S/c1-22-20-23(39-18-19-41-29-11-5-6-17-40-29)12-13-27(22)34-31-33-16-14-28(35-31)26-21-36(30-25(26)10-7-15-32-30)42(37,38)24-8-3-2-4-9-24/h2-4,7-10,12-16,20-21,29H,5-6,11,17-19H2,1H3,(H,33,34,35). The Bertz CT molecular complexity index is 1790. The zero-order chi connectivity index (χ0) is 28.9. The molecule has 1 aliphatic heterocycles. The smallest absolute Gasteiger partial charge is 0.269 e. The summed E-state index contributed by atoms with van der Waals surface area (Å²) < 4.78 is 45.3. The van der Waals surface area contributed by atoms with Gasteiger partial charge in [-0.25, -0.2) is 27.3 Å². The van der Waals surface area contributed by atoms with E-state index in [4.69, 9.17) is 19.2 Å². The van der Waals surface area contributed by atoms with Crippen LogP contribution >= 0.6 is 0 Å². The van der Waals surface area contributed by atoms with E-state index in [1.807, 2.05) is 31.2 Å². The van der Waals surface area contributed by atoms with Gasteiger partial charge in [0.15, 0.2) is 11.9 Å². The molecule has 10 nitrogen and oxygen atoms in total. The van der Waals surface area contributed by atoms with E-state index < -0.39 is 10.0 Å². The third kappa shape index (κ3) is 5.98. The van der Waals surface area contributed by atoms with E-state index in [1.54, 1.807) is 61.1 Å². The average Bonchev–Trinajstić information content (AvgIpc) is 3.42. The molecule has 5 aromatic rings. The van der Waals surface area contributed by atoms with Crippen LogP contribution in [-0.4, -0.2) is 53.5 Å². The third-order valence-electron chi connectivity index (χ3n) is 7.00. The van der Waals surface area contributed by atoms with Gasteiger partial charge in [-0.3, -0.25) is 0 Å². The molecule has 0 radical (unpaired) electrons. The maximum absolute atomic E-state index is 13.5. The Labute approximate surface area is 244 Å². The first-order valence-corrected chi connectivity index (χ1v) is 15.3. The predicted octanol–water partition coefficient (Wildman–Crippen LogP) is 5.70. The molecular formula is C31H31N5O5S. The second-order valence-electron chi connectivity index (χ2n) is 9.91. The second-order valence-corrected chi connectivity index (χ2v) is 11.7. The van der Waals surface area contributed by atoms with Crippen LogP contribution in [0.1, 0.15) is 24.8 Å². The molecular weight excluding hydrogens is 554 g/mol. The average molecular weight is 586 g/mol. The quantitative estimate of drug-likeness (QED) is 0.206. The summed E-state index contributed by atoms with van der Waals surface area (Å²) in [5, 5.41) is 3.94. The summed E-state index contributed by atoms with van der Waals surface area (Å²) in [6, 6.07) is 19.4. The minimum atomic E-state index is -3.87. The van der Waals surface area contributed by atoms with Crippen LogP contribution in [0.25, 0.3) is 22.3 Å². The first kappa shape index (κ1) is 27.8. The lowest BCUT2D eigenvalue weighted by Crippen LogP contribution is -2.24. The number of aromatic nitrogens is 4. The van der Waals surface area contributed by atoms with Crippen molar-refractivity contribution >= 4 is 32.7 Å². The van der Waals surface area contributed by atoms with Gasteiger partial charge in [0.2, 0.25) is 5.95 Å². The van der Waals surface area contributed by atoms with Gasteiger partial charge in [0.25, 0.3) is 10.0 Å². The van der Waals surface area contributed by atoms with Crippen molar-refractivity contribution in [2.45, 2.75) is 37.4 Å². The topological polar surface area (TPSA) is 117 Å². The van der Waals surface area contributed by atoms with E-state index in [0.717, 1.165) is 42.9 Å². The highest BCUT2D eigenvalue weighted by Gasteiger charge is 2.23. The highest BCUT2D eigenvalue weighted by Crippen LogP contribution is 2.32. The number of hydrogen-bond donors (Lipinski definition) is 1. The molecule has 1 fully saturated rings. The maximum Gasteiger partial charge on any atom is 0.269 e. The molecule has 1 aliphatic rings. The number of aryl methyl sites for hydroxylation is 1. The van der Waals surface area contributed by atoms with Crippen LogP contribution in [0.4, 0.5) is 11.6 Å². The number of ether oxygens (including phenoxy) is 3. The Kier molecular flexibility index (Phi) is 8.13. The molecule has 0 amide bonds. The normalized spacial score (nSPS) is 15.5. The fraction of sp³-hybridized carbons (Fsp3) is 0.258. The second kappa shape index (κ2) is 12.3. The molecule has 1 N–H and O–H groups in total. The van der Waals surface area contributed by atoms with E-state index in [-0.39, 0.29) is 11.2 Å². The van der Waals surface area contributed by atoms with Crippen LogP contribution in [0.2, 0.25) is 0 Å². The zero-order valence-corrected chi connectivity index (χ0v) is 24.0. The number of nitrogens with zero attached hydrogens (tertiary/aromatic N) is 4. The molecule has 216 valence electrons. The molecule has 1 unspecified atom stereocenters. The van der Waals surface area contributed by atoms with Crippen molar-refractivity contribution in [3.63, 3.8) is 0 Å². The third-order valence-corrected chi connectivity index (χ3v) is 8.67. The molecule has 11 heteroatoms. The largest absolute Gasteiger partial charge is 0.491 e. The molecule has 4 heterocycles. The summed E-state index contributed by atoms with van der Waals surface area (Å²) >= 11 is 0. The van der Waals surface area contributed by atoms with Crippen LogP contribution < -0.4 is 10.1 Å². The van der Waals surface area contributed by atoms with Crippen molar-refractivity contribution in [2.75, 3.05) is 25.1 Å². The number of pyridine rings is 1. The molecule has 0 spiro atoms. The van der Waals surface area contributed by atoms with Crippen LogP contribution in [0.5, 0.6) is 5.75 Å². The fourth-order valence-electron chi connectivity index (χ4n) is 4.86. The van der Waals surface area contributed by atoms with E-state index in [9.17, 15) is 8.42 Å². The Morgan fingerprint density at radius 1 is 1.00 bits per heavy atom. The van der Waals surface area contributed by atoms with Gasteiger partial charge in [-0.05, 0) is 80.3 Å². The van der Waals surface area contributed by atoms with Gasteiger partial charge in [0.1, 0.15) is 12.4 Å². The molecule has 42 heavy (non-hydrogen) atoms. The van der Waals surface area contributed by atoms with Crippen molar-refractivity contribution in [2.24, 2.45) is 0 Å². The molecule has 0 bridgehead atoms. The van der Waals surface area contributed by atoms with Gasteiger partial charge < -0.3 is 19.5 Å². The van der Waals surface area contributed by atoms with Crippen LogP contribution in [0, 0.1) is 6.92 Å². The molecule has 2 aromatic carbocycles. The predicted molar refractivity (Wildman–Crippen MR) is 159 cm³/mol. The number of anilines is 2. The van der Waals surface area contributed by atoms with E-state index >= 15 is 0 Å². The SMILES string of the molecule is Cc1cc(OCCOC2CCCCO2)ccc1Nc1nccc(-c2cn(S(=O)(=O)c3ccccc3)c3ncccc23)n1. The number of nitrogens with one attached hydrogen (secondary N) is 1. The molecule has 1 saturated heterocycles. The van der Waals surface area contributed by atoms with Crippen molar-refractivity contribution in [3.8, 4) is 17.0 Å². The lowest BCUT2D eigenvalue weighted by molar-refractivity contribution is -0.165. The number of rotatable bonds is 10.